The Morgan fingerprint density at radius 3 is 2.64 bits per heavy atom. The quantitative estimate of drug-likeness (QED) is 0.227. The lowest BCUT2D eigenvalue weighted by Gasteiger charge is -2.38. The lowest BCUT2D eigenvalue weighted by atomic mass is 10.1. The summed E-state index contributed by atoms with van der Waals surface area (Å²) in [6.07, 6.45) is -0.791. The third kappa shape index (κ3) is 5.37. The molecule has 1 aliphatic rings. The van der Waals surface area contributed by atoms with Crippen LogP contribution in [0.25, 0.3) is 21.9 Å². The summed E-state index contributed by atoms with van der Waals surface area (Å²) in [5, 5.41) is 9.30. The van der Waals surface area contributed by atoms with Gasteiger partial charge in [-0.3, -0.25) is 14.8 Å². The molecule has 0 saturated carbocycles. The second-order valence-corrected chi connectivity index (χ2v) is 10.9. The SMILES string of the molecule is CN(C(=O)C(Cn1c(=O)oc2ccccc21)NS(=O)(=O)c1ccc2ccccc2c1)C1CN(C(=N)N)CCO1. The van der Waals surface area contributed by atoms with Crippen molar-refractivity contribution in [3.05, 3.63) is 77.3 Å². The van der Waals surface area contributed by atoms with Crippen molar-refractivity contribution in [1.82, 2.24) is 19.1 Å². The maximum Gasteiger partial charge on any atom is 0.420 e. The van der Waals surface area contributed by atoms with Gasteiger partial charge in [0.25, 0.3) is 0 Å². The van der Waals surface area contributed by atoms with Gasteiger partial charge in [0.2, 0.25) is 15.9 Å². The van der Waals surface area contributed by atoms with Gasteiger partial charge in [-0.2, -0.15) is 4.72 Å². The molecule has 13 heteroatoms. The van der Waals surface area contributed by atoms with E-state index in [0.29, 0.717) is 17.6 Å². The molecule has 4 aromatic rings. The minimum atomic E-state index is -4.20. The molecule has 3 aromatic carbocycles. The second kappa shape index (κ2) is 10.5. The Morgan fingerprint density at radius 1 is 1.15 bits per heavy atom. The number of hydrogen-bond donors (Lipinski definition) is 3. The van der Waals surface area contributed by atoms with Crippen molar-refractivity contribution in [2.45, 2.75) is 23.7 Å². The zero-order valence-electron chi connectivity index (χ0n) is 21.1. The number of fused-ring (bicyclic) bond motifs is 2. The topological polar surface area (TPSA) is 164 Å². The predicted molar refractivity (Wildman–Crippen MR) is 145 cm³/mol. The molecule has 1 aromatic heterocycles. The van der Waals surface area contributed by atoms with E-state index in [-0.39, 0.29) is 30.6 Å². The van der Waals surface area contributed by atoms with Crippen LogP contribution in [0.2, 0.25) is 0 Å². The van der Waals surface area contributed by atoms with Gasteiger partial charge < -0.3 is 24.7 Å². The van der Waals surface area contributed by atoms with Gasteiger partial charge in [0, 0.05) is 13.6 Å². The number of nitrogens with one attached hydrogen (secondary N) is 2. The number of likely N-dealkylation sites (N-methyl/N-ethyl adjacent to an activating group) is 1. The third-order valence-corrected chi connectivity index (χ3v) is 8.20. The molecular formula is C26H28N6O6S. The van der Waals surface area contributed by atoms with E-state index in [1.807, 2.05) is 12.1 Å². The van der Waals surface area contributed by atoms with E-state index in [1.165, 1.54) is 28.6 Å². The second-order valence-electron chi connectivity index (χ2n) is 9.23. The Labute approximate surface area is 224 Å². The Hall–Kier alpha value is -4.20. The van der Waals surface area contributed by atoms with Crippen LogP contribution in [0.15, 0.2) is 80.8 Å². The van der Waals surface area contributed by atoms with E-state index in [0.717, 1.165) is 10.8 Å². The number of carbonyl (C=O) groups is 1. The number of sulfonamides is 1. The van der Waals surface area contributed by atoms with E-state index in [1.54, 1.807) is 47.4 Å². The number of hydrogen-bond acceptors (Lipinski definition) is 7. The van der Waals surface area contributed by atoms with Crippen molar-refractivity contribution < 1.29 is 22.4 Å². The molecule has 1 fully saturated rings. The molecule has 2 heterocycles. The number of benzene rings is 3. The van der Waals surface area contributed by atoms with Crippen molar-refractivity contribution >= 4 is 43.8 Å². The van der Waals surface area contributed by atoms with E-state index < -0.39 is 34.0 Å². The lowest BCUT2D eigenvalue weighted by molar-refractivity contribution is -0.151. The first-order chi connectivity index (χ1) is 18.6. The summed E-state index contributed by atoms with van der Waals surface area (Å²) >= 11 is 0. The van der Waals surface area contributed by atoms with Gasteiger partial charge in [-0.1, -0.05) is 42.5 Å². The molecule has 1 aliphatic heterocycles. The van der Waals surface area contributed by atoms with Gasteiger partial charge in [-0.15, -0.1) is 0 Å². The first-order valence-corrected chi connectivity index (χ1v) is 13.7. The highest BCUT2D eigenvalue weighted by atomic mass is 32.2. The first-order valence-electron chi connectivity index (χ1n) is 12.2. The highest BCUT2D eigenvalue weighted by molar-refractivity contribution is 7.89. The van der Waals surface area contributed by atoms with Gasteiger partial charge in [-0.05, 0) is 35.0 Å². The number of oxazole rings is 1. The van der Waals surface area contributed by atoms with Crippen LogP contribution in [0.1, 0.15) is 0 Å². The normalized spacial score (nSPS) is 16.8. The maximum absolute atomic E-state index is 13.8. The predicted octanol–water partition coefficient (Wildman–Crippen LogP) is 1.10. The molecule has 0 aliphatic carbocycles. The molecule has 0 spiro atoms. The molecule has 1 saturated heterocycles. The van der Waals surface area contributed by atoms with Crippen LogP contribution in [-0.2, 0) is 26.1 Å². The molecule has 0 radical (unpaired) electrons. The smallest absolute Gasteiger partial charge is 0.408 e. The van der Waals surface area contributed by atoms with E-state index in [4.69, 9.17) is 20.3 Å². The molecule has 12 nitrogen and oxygen atoms in total. The van der Waals surface area contributed by atoms with Crippen LogP contribution < -0.4 is 16.2 Å². The fraction of sp³-hybridized carbons (Fsp3) is 0.269. The summed E-state index contributed by atoms with van der Waals surface area (Å²) in [5.41, 5.74) is 6.36. The molecule has 1 amide bonds. The van der Waals surface area contributed by atoms with Crippen molar-refractivity contribution in [2.24, 2.45) is 5.73 Å². The Kier molecular flexibility index (Phi) is 7.12. The van der Waals surface area contributed by atoms with Crippen LogP contribution in [0, 0.1) is 5.41 Å². The van der Waals surface area contributed by atoms with Crippen LogP contribution in [0.4, 0.5) is 0 Å². The molecule has 204 valence electrons. The maximum atomic E-state index is 13.8. The fourth-order valence-electron chi connectivity index (χ4n) is 4.60. The zero-order chi connectivity index (χ0) is 27.7. The number of nitrogens with two attached hydrogens (primary N) is 1. The fourth-order valence-corrected chi connectivity index (χ4v) is 5.81. The molecular weight excluding hydrogens is 524 g/mol. The number of ether oxygens (including phenoxy) is 1. The highest BCUT2D eigenvalue weighted by Crippen LogP contribution is 2.20. The van der Waals surface area contributed by atoms with Crippen LogP contribution >= 0.6 is 0 Å². The van der Waals surface area contributed by atoms with E-state index in [9.17, 15) is 18.0 Å². The summed E-state index contributed by atoms with van der Waals surface area (Å²) in [5.74, 6) is -1.51. The van der Waals surface area contributed by atoms with Gasteiger partial charge in [0.05, 0.1) is 30.1 Å². The number of amides is 1. The number of rotatable bonds is 7. The van der Waals surface area contributed by atoms with Gasteiger partial charge in [0.1, 0.15) is 12.3 Å². The monoisotopic (exact) mass is 552 g/mol. The minimum absolute atomic E-state index is 0.0253. The average molecular weight is 553 g/mol. The molecule has 39 heavy (non-hydrogen) atoms. The number of nitrogens with zero attached hydrogens (tertiary/aromatic N) is 3. The van der Waals surface area contributed by atoms with Gasteiger partial charge in [0.15, 0.2) is 11.5 Å². The summed E-state index contributed by atoms with van der Waals surface area (Å²) in [4.78, 5) is 29.3. The van der Waals surface area contributed by atoms with Crippen LogP contribution in [0.5, 0.6) is 0 Å². The molecule has 4 N–H and O–H groups in total. The number of guanidine groups is 1. The number of para-hydroxylation sites is 2. The summed E-state index contributed by atoms with van der Waals surface area (Å²) in [6.45, 7) is 0.425. The molecule has 5 rings (SSSR count). The summed E-state index contributed by atoms with van der Waals surface area (Å²) < 4.78 is 41.8. The number of carbonyl (C=O) groups excluding carboxylic acids is 1. The molecule has 2 atom stereocenters. The Morgan fingerprint density at radius 2 is 1.87 bits per heavy atom. The minimum Gasteiger partial charge on any atom is -0.408 e. The zero-order valence-corrected chi connectivity index (χ0v) is 21.9. The van der Waals surface area contributed by atoms with Crippen molar-refractivity contribution in [1.29, 1.82) is 5.41 Å². The Balaban J connectivity index is 1.49. The number of morpholine rings is 1. The largest absolute Gasteiger partial charge is 0.420 e. The lowest BCUT2D eigenvalue weighted by Crippen LogP contribution is -2.58. The van der Waals surface area contributed by atoms with E-state index in [2.05, 4.69) is 4.72 Å². The standard InChI is InChI=1S/C26H28N6O6S/c1-30(23-16-31(25(27)28)12-13-37-23)24(33)20(15-32-21-8-4-5-9-22(21)38-26(32)34)29-39(35,36)19-11-10-17-6-2-3-7-18(17)14-19/h2-11,14,20,23,29H,12-13,15-16H2,1H3,(H3,27,28). The van der Waals surface area contributed by atoms with Gasteiger partial charge >= 0.3 is 5.76 Å². The van der Waals surface area contributed by atoms with Crippen LogP contribution in [0.3, 0.4) is 0 Å². The van der Waals surface area contributed by atoms with Gasteiger partial charge in [-0.25, -0.2) is 13.2 Å². The van der Waals surface area contributed by atoms with Crippen LogP contribution in [-0.4, -0.2) is 73.7 Å². The van der Waals surface area contributed by atoms with Crippen molar-refractivity contribution in [3.8, 4) is 0 Å². The van der Waals surface area contributed by atoms with Crippen molar-refractivity contribution in [3.63, 3.8) is 0 Å². The summed E-state index contributed by atoms with van der Waals surface area (Å²) in [7, 11) is -2.73. The average Bonchev–Trinajstić information content (AvgIpc) is 3.26. The molecule has 0 bridgehead atoms. The molecule has 2 unspecified atom stereocenters. The number of aromatic nitrogens is 1. The third-order valence-electron chi connectivity index (χ3n) is 6.73. The Bertz CT molecular complexity index is 1710. The summed E-state index contributed by atoms with van der Waals surface area (Å²) in [6, 6.07) is 17.3. The van der Waals surface area contributed by atoms with Crippen molar-refractivity contribution in [2.75, 3.05) is 26.7 Å². The van der Waals surface area contributed by atoms with E-state index >= 15 is 0 Å². The first kappa shape index (κ1) is 26.4. The highest BCUT2D eigenvalue weighted by Gasteiger charge is 2.35.